The van der Waals surface area contributed by atoms with Crippen LogP contribution >= 0.6 is 0 Å². The lowest BCUT2D eigenvalue weighted by Gasteiger charge is -2.42. The van der Waals surface area contributed by atoms with Crippen molar-refractivity contribution >= 4 is 18.1 Å². The van der Waals surface area contributed by atoms with E-state index in [4.69, 9.17) is 0 Å². The first-order valence-corrected chi connectivity index (χ1v) is 33.6. The van der Waals surface area contributed by atoms with Crippen molar-refractivity contribution in [2.75, 3.05) is 40.8 Å². The van der Waals surface area contributed by atoms with Crippen LogP contribution in [0.5, 0.6) is 0 Å². The van der Waals surface area contributed by atoms with Crippen molar-refractivity contribution in [3.63, 3.8) is 0 Å². The number of hydrogen-bond donors (Lipinski definition) is 0. The number of rotatable bonds is 11. The SMILES string of the molecule is Cc1cc(F)ccc1[C@@H]1C[C@@H](n2cncn2)CCN1C(=O)N(C)Cc1cc(C(F)(F)F)cc(C(F)(F)F)c1.Cc1cc(F)ccc1[C@@H]1C[C@H](n2cncn2)CCN1C(=O)N(C)Cc1cc(C(F)(F)F)cc(C(F)(F)F)c1.Cc1cc(F)ccc1[C@H]1CCCCN1C(=O)N(C)Cc1cc(C(F)(F)F)cc(C(F)(F)F)c1. The summed E-state index contributed by atoms with van der Waals surface area (Å²) in [6.07, 6.45) is -20.1. The molecule has 5 atom stereocenters. The molecule has 0 N–H and O–H groups in total. The van der Waals surface area contributed by atoms with Crippen molar-refractivity contribution in [2.45, 2.75) is 153 Å². The maximum atomic E-state index is 13.8. The monoisotopic (exact) mass is 1560 g/mol. The molecule has 3 aliphatic rings. The molecule has 36 heteroatoms. The Morgan fingerprint density at radius 1 is 0.376 bits per heavy atom. The van der Waals surface area contributed by atoms with E-state index in [-0.39, 0.29) is 66.1 Å². The van der Waals surface area contributed by atoms with Crippen molar-refractivity contribution in [3.8, 4) is 0 Å². The maximum Gasteiger partial charge on any atom is 0.416 e. The first kappa shape index (κ1) is 83.0. The molecule has 0 saturated carbocycles. The molecule has 0 bridgehead atoms. The van der Waals surface area contributed by atoms with Gasteiger partial charge in [0, 0.05) is 60.4 Å². The van der Waals surface area contributed by atoms with Crippen LogP contribution in [0.25, 0.3) is 0 Å². The summed E-state index contributed by atoms with van der Waals surface area (Å²) in [5.74, 6) is -1.31. The van der Waals surface area contributed by atoms with Crippen LogP contribution in [0.2, 0.25) is 0 Å². The highest BCUT2D eigenvalue weighted by molar-refractivity contribution is 5.76. The van der Waals surface area contributed by atoms with Crippen LogP contribution in [0, 0.1) is 38.2 Å². The van der Waals surface area contributed by atoms with Gasteiger partial charge in [0.05, 0.1) is 63.6 Å². The van der Waals surface area contributed by atoms with Crippen LogP contribution in [-0.4, -0.2) is 118 Å². The Bertz CT molecular complexity index is 4190. The Labute approximate surface area is 610 Å². The number of amides is 6. The lowest BCUT2D eigenvalue weighted by Crippen LogP contribution is -2.47. The summed E-state index contributed by atoms with van der Waals surface area (Å²) in [6.45, 7) is 4.56. The molecular weight excluding hydrogens is 1490 g/mol. The zero-order valence-electron chi connectivity index (χ0n) is 58.8. The third-order valence-electron chi connectivity index (χ3n) is 19.0. The van der Waals surface area contributed by atoms with Crippen LogP contribution in [-0.2, 0) is 56.7 Å². The number of carbonyl (C=O) groups is 3. The van der Waals surface area contributed by atoms with E-state index < -0.39 is 138 Å². The maximum absolute atomic E-state index is 13.8. The first-order valence-electron chi connectivity index (χ1n) is 33.6. The van der Waals surface area contributed by atoms with Crippen molar-refractivity contribution in [1.82, 2.24) is 58.9 Å². The molecule has 0 aliphatic carbocycles. The second-order valence-corrected chi connectivity index (χ2v) is 26.9. The zero-order chi connectivity index (χ0) is 80.2. The molecule has 3 aliphatic heterocycles. The lowest BCUT2D eigenvalue weighted by molar-refractivity contribution is -0.144. The van der Waals surface area contributed by atoms with Gasteiger partial charge in [0.1, 0.15) is 42.8 Å². The second-order valence-electron chi connectivity index (χ2n) is 26.9. The van der Waals surface area contributed by atoms with E-state index >= 15 is 0 Å². The number of aryl methyl sites for hydroxylation is 3. The average molecular weight is 1560 g/mol. The Morgan fingerprint density at radius 2 is 0.651 bits per heavy atom. The topological polar surface area (TPSA) is 132 Å². The zero-order valence-corrected chi connectivity index (χ0v) is 58.8. The summed E-state index contributed by atoms with van der Waals surface area (Å²) < 4.78 is 283. The van der Waals surface area contributed by atoms with Gasteiger partial charge in [0.15, 0.2) is 0 Å². The van der Waals surface area contributed by atoms with Gasteiger partial charge in [-0.05, 0) is 207 Å². The molecule has 2 aromatic heterocycles. The quantitative estimate of drug-likeness (QED) is 0.118. The van der Waals surface area contributed by atoms with Gasteiger partial charge in [-0.3, -0.25) is 0 Å². The summed E-state index contributed by atoms with van der Waals surface area (Å²) in [4.78, 5) is 55.9. The Balaban J connectivity index is 0.000000189. The lowest BCUT2D eigenvalue weighted by atomic mass is 9.89. The molecule has 3 saturated heterocycles. The summed E-state index contributed by atoms with van der Waals surface area (Å²) in [6, 6.07) is 13.1. The predicted molar refractivity (Wildman–Crippen MR) is 352 cm³/mol. The highest BCUT2D eigenvalue weighted by Gasteiger charge is 2.43. The fraction of sp³-hybridized carbons (Fsp3) is 0.411. The standard InChI is InChI=1S/2C25H24F7N5O.C23H23F7N2O/c2*1-15-7-19(26)3-4-21(15)22-11-20(37-14-33-13-34-37)5-6-36(22)23(38)35(2)12-16-8-17(24(27,28)29)10-18(9-16)25(30,31)32;1-14-9-18(24)6-7-19(14)20-5-3-4-8-32(20)21(33)31(2)13-15-10-16(22(25,26)27)12-17(11-15)23(28,29)30/h2*3-4,7-10,13-14,20,22H,5-6,11-12H2,1-2H3;6-7,9-12,20H,3-5,8,13H2,1-2H3/t20-,22+;20-,22-;20-/m101/s1. The molecule has 5 heterocycles. The number of urea groups is 3. The molecule has 3 fully saturated rings. The van der Waals surface area contributed by atoms with E-state index in [1.807, 2.05) is 0 Å². The molecule has 8 aromatic rings. The average Bonchev–Trinajstić information content (AvgIpc) is 1.58. The molecule has 0 radical (unpaired) electrons. The van der Waals surface area contributed by atoms with E-state index in [0.29, 0.717) is 109 Å². The number of aromatic nitrogens is 6. The number of hydrogen-bond acceptors (Lipinski definition) is 7. The molecule has 588 valence electrons. The van der Waals surface area contributed by atoms with E-state index in [9.17, 15) is 107 Å². The number of halogens is 21. The van der Waals surface area contributed by atoms with Crippen molar-refractivity contribution in [1.29, 1.82) is 0 Å². The van der Waals surface area contributed by atoms with Crippen molar-refractivity contribution in [3.05, 3.63) is 235 Å². The molecule has 0 unspecified atom stereocenters. The molecule has 0 spiro atoms. The number of benzene rings is 6. The highest BCUT2D eigenvalue weighted by Crippen LogP contribution is 2.44. The van der Waals surface area contributed by atoms with E-state index in [0.717, 1.165) is 26.7 Å². The van der Waals surface area contributed by atoms with Gasteiger partial charge in [-0.25, -0.2) is 46.9 Å². The van der Waals surface area contributed by atoms with E-state index in [2.05, 4.69) is 20.2 Å². The molecule has 15 nitrogen and oxygen atoms in total. The van der Waals surface area contributed by atoms with Gasteiger partial charge in [-0.2, -0.15) is 89.2 Å². The summed E-state index contributed by atoms with van der Waals surface area (Å²) in [5, 5.41) is 8.34. The van der Waals surface area contributed by atoms with E-state index in [1.54, 1.807) is 65.9 Å². The second kappa shape index (κ2) is 33.0. The minimum Gasteiger partial charge on any atom is -0.323 e. The Hall–Kier alpha value is -10.1. The van der Waals surface area contributed by atoms with Crippen LogP contribution in [0.1, 0.15) is 159 Å². The number of nitrogens with zero attached hydrogens (tertiary/aromatic N) is 12. The van der Waals surface area contributed by atoms with E-state index in [1.165, 1.54) is 80.0 Å². The molecule has 11 rings (SSSR count). The smallest absolute Gasteiger partial charge is 0.323 e. The minimum absolute atomic E-state index is 0.0492. The summed E-state index contributed by atoms with van der Waals surface area (Å²) in [7, 11) is 3.96. The van der Waals surface area contributed by atoms with Gasteiger partial charge in [0.2, 0.25) is 0 Å². The van der Waals surface area contributed by atoms with Crippen LogP contribution in [0.3, 0.4) is 0 Å². The fourth-order valence-corrected chi connectivity index (χ4v) is 13.8. The molecular formula is C73H71F21N12O3. The molecule has 109 heavy (non-hydrogen) atoms. The van der Waals surface area contributed by atoms with Gasteiger partial charge < -0.3 is 29.4 Å². The van der Waals surface area contributed by atoms with Crippen molar-refractivity contribution in [2.24, 2.45) is 0 Å². The normalized spacial score (nSPS) is 18.1. The third-order valence-corrected chi connectivity index (χ3v) is 19.0. The van der Waals surface area contributed by atoms with Gasteiger partial charge in [-0.1, -0.05) is 18.2 Å². The molecule has 6 amide bonds. The number of carbonyl (C=O) groups excluding carboxylic acids is 3. The highest BCUT2D eigenvalue weighted by atomic mass is 19.4. The summed E-state index contributed by atoms with van der Waals surface area (Å²) >= 11 is 0. The number of piperidine rings is 3. The van der Waals surface area contributed by atoms with Gasteiger partial charge in [0.25, 0.3) is 0 Å². The van der Waals surface area contributed by atoms with Crippen molar-refractivity contribution < 1.29 is 107 Å². The minimum atomic E-state index is -4.99. The Kier molecular flexibility index (Phi) is 25.1. The van der Waals surface area contributed by atoms with Crippen LogP contribution < -0.4 is 0 Å². The van der Waals surface area contributed by atoms with Gasteiger partial charge >= 0.3 is 55.2 Å². The predicted octanol–water partition coefficient (Wildman–Crippen LogP) is 19.7. The number of alkyl halides is 18. The largest absolute Gasteiger partial charge is 0.416 e. The first-order chi connectivity index (χ1) is 50.7. The fourth-order valence-electron chi connectivity index (χ4n) is 13.8. The van der Waals surface area contributed by atoms with Crippen LogP contribution in [0.4, 0.5) is 107 Å². The number of likely N-dealkylation sites (tertiary alicyclic amines) is 3. The molecule has 6 aromatic carbocycles. The summed E-state index contributed by atoms with van der Waals surface area (Å²) in [5.41, 5.74) is -5.56. The van der Waals surface area contributed by atoms with Gasteiger partial charge in [-0.15, -0.1) is 0 Å². The third kappa shape index (κ3) is 20.8. The Morgan fingerprint density at radius 3 is 0.908 bits per heavy atom. The van der Waals surface area contributed by atoms with Crippen LogP contribution in [0.15, 0.2) is 135 Å².